The molecule has 0 saturated heterocycles. The van der Waals surface area contributed by atoms with E-state index in [-0.39, 0.29) is 4.90 Å². The lowest BCUT2D eigenvalue weighted by Crippen LogP contribution is -2.10. The molecular weight excluding hydrogens is 332 g/mol. The summed E-state index contributed by atoms with van der Waals surface area (Å²) in [4.78, 5) is 0.163. The van der Waals surface area contributed by atoms with E-state index in [1.165, 1.54) is 5.56 Å². The van der Waals surface area contributed by atoms with Gasteiger partial charge < -0.3 is 4.18 Å². The van der Waals surface area contributed by atoms with Gasteiger partial charge in [0.1, 0.15) is 10.6 Å². The molecule has 3 aromatic rings. The standard InChI is InChI=1S/C21H22O3S/c1-14(2)21-10-8-19(12-16(21)4)24-25(22,23)20-9-7-17-6-5-15(3)11-18(17)13-20/h5-14H,1-4H3. The summed E-state index contributed by atoms with van der Waals surface area (Å²) in [7, 11) is -3.87. The number of benzene rings is 3. The zero-order chi connectivity index (χ0) is 18.2. The summed E-state index contributed by atoms with van der Waals surface area (Å²) in [6.45, 7) is 8.16. The monoisotopic (exact) mass is 354 g/mol. The van der Waals surface area contributed by atoms with Gasteiger partial charge in [0.05, 0.1) is 0 Å². The largest absolute Gasteiger partial charge is 0.379 e. The van der Waals surface area contributed by atoms with E-state index in [2.05, 4.69) is 13.8 Å². The zero-order valence-corrected chi connectivity index (χ0v) is 15.7. The molecule has 130 valence electrons. The minimum absolute atomic E-state index is 0.163. The Bertz CT molecular complexity index is 1030. The van der Waals surface area contributed by atoms with Crippen LogP contribution in [-0.4, -0.2) is 8.42 Å². The summed E-state index contributed by atoms with van der Waals surface area (Å²) in [6.07, 6.45) is 0. The first kappa shape index (κ1) is 17.5. The Kier molecular flexibility index (Phi) is 4.56. The van der Waals surface area contributed by atoms with Crippen LogP contribution in [0.3, 0.4) is 0 Å². The molecule has 0 aliphatic rings. The molecule has 0 heterocycles. The Morgan fingerprint density at radius 2 is 1.56 bits per heavy atom. The Labute approximate surface area is 149 Å². The molecule has 0 N–H and O–H groups in total. The Balaban J connectivity index is 1.95. The Morgan fingerprint density at radius 1 is 0.840 bits per heavy atom. The second kappa shape index (κ2) is 6.52. The summed E-state index contributed by atoms with van der Waals surface area (Å²) >= 11 is 0. The van der Waals surface area contributed by atoms with Gasteiger partial charge in [-0.15, -0.1) is 0 Å². The molecule has 3 rings (SSSR count). The van der Waals surface area contributed by atoms with E-state index in [0.29, 0.717) is 11.7 Å². The average Bonchev–Trinajstić information content (AvgIpc) is 2.53. The summed E-state index contributed by atoms with van der Waals surface area (Å²) < 4.78 is 30.6. The molecule has 4 heteroatoms. The highest BCUT2D eigenvalue weighted by Crippen LogP contribution is 2.27. The molecule has 0 saturated carbocycles. The average molecular weight is 354 g/mol. The van der Waals surface area contributed by atoms with Crippen molar-refractivity contribution in [3.8, 4) is 5.75 Å². The van der Waals surface area contributed by atoms with Crippen LogP contribution < -0.4 is 4.18 Å². The molecule has 3 nitrogen and oxygen atoms in total. The van der Waals surface area contributed by atoms with E-state index in [1.807, 2.05) is 38.1 Å². The van der Waals surface area contributed by atoms with E-state index in [9.17, 15) is 8.42 Å². The van der Waals surface area contributed by atoms with E-state index >= 15 is 0 Å². The van der Waals surface area contributed by atoms with Crippen LogP contribution in [0, 0.1) is 13.8 Å². The molecule has 0 radical (unpaired) electrons. The molecular formula is C21H22O3S. The summed E-state index contributed by atoms with van der Waals surface area (Å²) in [5, 5.41) is 1.89. The summed E-state index contributed by atoms with van der Waals surface area (Å²) in [6, 6.07) is 16.4. The molecule has 25 heavy (non-hydrogen) atoms. The second-order valence-electron chi connectivity index (χ2n) is 6.72. The first-order valence-corrected chi connectivity index (χ1v) is 9.72. The van der Waals surface area contributed by atoms with Crippen LogP contribution in [-0.2, 0) is 10.1 Å². The van der Waals surface area contributed by atoms with Gasteiger partial charge >= 0.3 is 10.1 Å². The molecule has 0 aliphatic heterocycles. The molecule has 0 amide bonds. The smallest absolute Gasteiger partial charge is 0.339 e. The lowest BCUT2D eigenvalue weighted by Gasteiger charge is -2.12. The summed E-state index contributed by atoms with van der Waals surface area (Å²) in [5.41, 5.74) is 3.30. The van der Waals surface area contributed by atoms with Crippen LogP contribution in [0.1, 0.15) is 36.5 Å². The van der Waals surface area contributed by atoms with Gasteiger partial charge in [-0.2, -0.15) is 8.42 Å². The number of hydrogen-bond donors (Lipinski definition) is 0. The van der Waals surface area contributed by atoms with E-state index in [0.717, 1.165) is 21.9 Å². The lowest BCUT2D eigenvalue weighted by molar-refractivity contribution is 0.486. The van der Waals surface area contributed by atoms with E-state index < -0.39 is 10.1 Å². The van der Waals surface area contributed by atoms with Gasteiger partial charge in [0.15, 0.2) is 0 Å². The topological polar surface area (TPSA) is 43.4 Å². The zero-order valence-electron chi connectivity index (χ0n) is 14.9. The van der Waals surface area contributed by atoms with Gasteiger partial charge in [0, 0.05) is 0 Å². The predicted molar refractivity (Wildman–Crippen MR) is 102 cm³/mol. The highest BCUT2D eigenvalue weighted by atomic mass is 32.2. The predicted octanol–water partition coefficient (Wildman–Crippen LogP) is 5.35. The minimum Gasteiger partial charge on any atom is -0.379 e. The molecule has 0 atom stereocenters. The van der Waals surface area contributed by atoms with Gasteiger partial charge in [0.2, 0.25) is 0 Å². The van der Waals surface area contributed by atoms with Crippen LogP contribution in [0.2, 0.25) is 0 Å². The SMILES string of the molecule is Cc1ccc2ccc(S(=O)(=O)Oc3ccc(C(C)C)c(C)c3)cc2c1. The van der Waals surface area contributed by atoms with E-state index in [1.54, 1.807) is 30.3 Å². The Morgan fingerprint density at radius 3 is 2.24 bits per heavy atom. The van der Waals surface area contributed by atoms with Crippen molar-refractivity contribution in [1.29, 1.82) is 0 Å². The number of rotatable bonds is 4. The van der Waals surface area contributed by atoms with Gasteiger partial charge in [0.25, 0.3) is 0 Å². The number of hydrogen-bond acceptors (Lipinski definition) is 3. The normalized spacial score (nSPS) is 11.9. The van der Waals surface area contributed by atoms with Crippen LogP contribution in [0.4, 0.5) is 0 Å². The van der Waals surface area contributed by atoms with Crippen molar-refractivity contribution in [3.05, 3.63) is 71.3 Å². The van der Waals surface area contributed by atoms with Crippen molar-refractivity contribution in [2.45, 2.75) is 38.5 Å². The fraction of sp³-hybridized carbons (Fsp3) is 0.238. The first-order valence-electron chi connectivity index (χ1n) is 8.32. The van der Waals surface area contributed by atoms with Crippen molar-refractivity contribution >= 4 is 20.9 Å². The Hall–Kier alpha value is -2.33. The van der Waals surface area contributed by atoms with Crippen molar-refractivity contribution in [3.63, 3.8) is 0 Å². The van der Waals surface area contributed by atoms with Gasteiger partial charge in [-0.1, -0.05) is 49.7 Å². The van der Waals surface area contributed by atoms with Crippen molar-refractivity contribution in [1.82, 2.24) is 0 Å². The third kappa shape index (κ3) is 3.69. The first-order chi connectivity index (χ1) is 11.8. The van der Waals surface area contributed by atoms with Gasteiger partial charge in [-0.05, 0) is 65.9 Å². The summed E-state index contributed by atoms with van der Waals surface area (Å²) in [5.74, 6) is 0.723. The fourth-order valence-electron chi connectivity index (χ4n) is 3.02. The van der Waals surface area contributed by atoms with Crippen LogP contribution in [0.5, 0.6) is 5.75 Å². The molecule has 0 aromatic heterocycles. The molecule has 3 aromatic carbocycles. The molecule has 0 fully saturated rings. The maximum absolute atomic E-state index is 12.6. The third-order valence-corrected chi connectivity index (χ3v) is 5.57. The molecule has 0 bridgehead atoms. The third-order valence-electron chi connectivity index (χ3n) is 4.33. The van der Waals surface area contributed by atoms with Gasteiger partial charge in [-0.3, -0.25) is 0 Å². The maximum Gasteiger partial charge on any atom is 0.339 e. The quantitative estimate of drug-likeness (QED) is 0.593. The van der Waals surface area contributed by atoms with Crippen molar-refractivity contribution in [2.24, 2.45) is 0 Å². The fourth-order valence-corrected chi connectivity index (χ4v) is 3.98. The highest BCUT2D eigenvalue weighted by Gasteiger charge is 2.18. The maximum atomic E-state index is 12.6. The van der Waals surface area contributed by atoms with Crippen molar-refractivity contribution < 1.29 is 12.6 Å². The number of fused-ring (bicyclic) bond motifs is 1. The van der Waals surface area contributed by atoms with Crippen molar-refractivity contribution in [2.75, 3.05) is 0 Å². The molecule has 0 unspecified atom stereocenters. The lowest BCUT2D eigenvalue weighted by atomic mass is 9.98. The van der Waals surface area contributed by atoms with Crippen LogP contribution >= 0.6 is 0 Å². The minimum atomic E-state index is -3.87. The highest BCUT2D eigenvalue weighted by molar-refractivity contribution is 7.87. The second-order valence-corrected chi connectivity index (χ2v) is 8.27. The van der Waals surface area contributed by atoms with Gasteiger partial charge in [-0.25, -0.2) is 0 Å². The molecule has 0 aliphatic carbocycles. The van der Waals surface area contributed by atoms with Crippen LogP contribution in [0.15, 0.2) is 59.5 Å². The van der Waals surface area contributed by atoms with E-state index in [4.69, 9.17) is 4.18 Å². The number of aryl methyl sites for hydroxylation is 2. The molecule has 0 spiro atoms. The van der Waals surface area contributed by atoms with Crippen LogP contribution in [0.25, 0.3) is 10.8 Å².